The van der Waals surface area contributed by atoms with Gasteiger partial charge in [-0.25, -0.2) is 9.59 Å². The maximum Gasteiger partial charge on any atom is 0.407 e. The molecule has 1 aromatic rings. The van der Waals surface area contributed by atoms with Gasteiger partial charge in [-0.3, -0.25) is 4.79 Å². The van der Waals surface area contributed by atoms with E-state index in [1.165, 1.54) is 0 Å². The Morgan fingerprint density at radius 1 is 0.936 bits per heavy atom. The van der Waals surface area contributed by atoms with Gasteiger partial charge in [-0.05, 0) is 129 Å². The lowest BCUT2D eigenvalue weighted by Crippen LogP contribution is -2.58. The zero-order valence-electron chi connectivity index (χ0n) is 28.7. The standard InChI is InChI=1S/C38H58N2O7/c1-24(12-15-33(43)40-31(35(44)45)11-7-8-20-39-36(46)47-23-25-9-5-4-6-10-25)28-13-14-29-34-30(17-19-38(28,29)3)37(2)18-16-27(41)21-26(37)22-32(34)42/h4-6,9-10,24,26-32,34,41-42H,7-8,11-23H2,1-3H3,(H,39,46)(H,40,43)(H,44,45)/t24-,26+,27-,28-,29+,30+,31+,32+,34+,37+,38-/m1/s1. The molecule has 1 aromatic carbocycles. The van der Waals surface area contributed by atoms with Crippen molar-refractivity contribution >= 4 is 18.0 Å². The second-order valence-corrected chi connectivity index (χ2v) is 15.9. The molecule has 0 bridgehead atoms. The largest absolute Gasteiger partial charge is 0.480 e. The highest BCUT2D eigenvalue weighted by molar-refractivity contribution is 5.83. The van der Waals surface area contributed by atoms with Crippen LogP contribution in [0.25, 0.3) is 0 Å². The Labute approximate surface area is 280 Å². The molecule has 0 heterocycles. The van der Waals surface area contributed by atoms with Crippen LogP contribution in [0.2, 0.25) is 0 Å². The number of fused-ring (bicyclic) bond motifs is 5. The first-order valence-corrected chi connectivity index (χ1v) is 18.2. The van der Waals surface area contributed by atoms with Gasteiger partial charge >= 0.3 is 12.1 Å². The van der Waals surface area contributed by atoms with Crippen molar-refractivity contribution in [2.24, 2.45) is 46.3 Å². The fraction of sp³-hybridized carbons (Fsp3) is 0.763. The molecule has 4 aliphatic rings. The summed E-state index contributed by atoms with van der Waals surface area (Å²) in [5, 5.41) is 37.0. The van der Waals surface area contributed by atoms with Crippen molar-refractivity contribution < 1.29 is 34.4 Å². The average Bonchev–Trinajstić information content (AvgIpc) is 3.40. The number of alkyl carbamates (subject to hydrolysis) is 1. The monoisotopic (exact) mass is 654 g/mol. The van der Waals surface area contributed by atoms with E-state index in [2.05, 4.69) is 31.4 Å². The molecule has 4 fully saturated rings. The summed E-state index contributed by atoms with van der Waals surface area (Å²) in [6.45, 7) is 7.69. The van der Waals surface area contributed by atoms with Crippen LogP contribution in [0.1, 0.15) is 110 Å². The molecule has 0 aromatic heterocycles. The Morgan fingerprint density at radius 2 is 1.66 bits per heavy atom. The molecule has 0 radical (unpaired) electrons. The van der Waals surface area contributed by atoms with Crippen molar-refractivity contribution in [2.45, 2.75) is 129 Å². The Balaban J connectivity index is 1.04. The van der Waals surface area contributed by atoms with Crippen LogP contribution in [0.5, 0.6) is 0 Å². The average molecular weight is 655 g/mol. The number of carboxylic acids is 1. The van der Waals surface area contributed by atoms with Gasteiger partial charge in [0, 0.05) is 13.0 Å². The van der Waals surface area contributed by atoms with Gasteiger partial charge < -0.3 is 30.7 Å². The molecule has 0 spiro atoms. The number of aliphatic hydroxyl groups excluding tert-OH is 2. The van der Waals surface area contributed by atoms with Crippen molar-refractivity contribution in [3.8, 4) is 0 Å². The van der Waals surface area contributed by atoms with Crippen molar-refractivity contribution in [3.05, 3.63) is 35.9 Å². The lowest BCUT2D eigenvalue weighted by atomic mass is 9.43. The first kappa shape index (κ1) is 35.7. The first-order chi connectivity index (χ1) is 22.4. The number of nitrogens with one attached hydrogen (secondary N) is 2. The summed E-state index contributed by atoms with van der Waals surface area (Å²) < 4.78 is 5.20. The minimum Gasteiger partial charge on any atom is -0.480 e. The summed E-state index contributed by atoms with van der Waals surface area (Å²) >= 11 is 0. The number of ether oxygens (including phenoxy) is 1. The van der Waals surface area contributed by atoms with Crippen LogP contribution in [0.3, 0.4) is 0 Å². The Kier molecular flexibility index (Phi) is 11.6. The molecule has 262 valence electrons. The van der Waals surface area contributed by atoms with Crippen LogP contribution in [-0.4, -0.2) is 58.1 Å². The molecule has 2 amide bonds. The van der Waals surface area contributed by atoms with E-state index < -0.39 is 18.1 Å². The van der Waals surface area contributed by atoms with Gasteiger partial charge in [-0.2, -0.15) is 0 Å². The highest BCUT2D eigenvalue weighted by Crippen LogP contribution is 2.68. The number of carboxylic acid groups (broad SMARTS) is 1. The van der Waals surface area contributed by atoms with Gasteiger partial charge in [0.15, 0.2) is 0 Å². The minimum absolute atomic E-state index is 0.140. The predicted octanol–water partition coefficient (Wildman–Crippen LogP) is 6.06. The summed E-state index contributed by atoms with van der Waals surface area (Å²) in [5.74, 6) is 1.26. The lowest BCUT2D eigenvalue weighted by Gasteiger charge is -2.62. The number of rotatable bonds is 13. The number of amides is 2. The van der Waals surface area contributed by atoms with Crippen LogP contribution in [0.4, 0.5) is 4.79 Å². The van der Waals surface area contributed by atoms with Gasteiger partial charge in [0.05, 0.1) is 12.2 Å². The van der Waals surface area contributed by atoms with E-state index in [4.69, 9.17) is 4.74 Å². The second kappa shape index (κ2) is 15.3. The number of benzene rings is 1. The topological polar surface area (TPSA) is 145 Å². The fourth-order valence-electron chi connectivity index (χ4n) is 10.7. The van der Waals surface area contributed by atoms with E-state index in [1.807, 2.05) is 30.3 Å². The predicted molar refractivity (Wildman–Crippen MR) is 179 cm³/mol. The summed E-state index contributed by atoms with van der Waals surface area (Å²) in [6, 6.07) is 8.47. The third kappa shape index (κ3) is 7.98. The molecule has 47 heavy (non-hydrogen) atoms. The quantitative estimate of drug-likeness (QED) is 0.163. The summed E-state index contributed by atoms with van der Waals surface area (Å²) in [7, 11) is 0. The molecule has 0 aliphatic heterocycles. The Morgan fingerprint density at radius 3 is 2.40 bits per heavy atom. The number of carbonyl (C=O) groups excluding carboxylic acids is 2. The van der Waals surface area contributed by atoms with E-state index in [1.54, 1.807) is 0 Å². The molecule has 4 aliphatic carbocycles. The minimum atomic E-state index is -1.04. The molecule has 0 saturated heterocycles. The van der Waals surface area contributed by atoms with Crippen LogP contribution in [0.15, 0.2) is 30.3 Å². The zero-order valence-corrected chi connectivity index (χ0v) is 28.7. The first-order valence-electron chi connectivity index (χ1n) is 18.2. The normalized spacial score (nSPS) is 35.8. The second-order valence-electron chi connectivity index (χ2n) is 15.9. The third-order valence-corrected chi connectivity index (χ3v) is 13.3. The van der Waals surface area contributed by atoms with E-state index in [0.717, 1.165) is 56.9 Å². The number of hydrogen-bond acceptors (Lipinski definition) is 6. The van der Waals surface area contributed by atoms with Crippen molar-refractivity contribution in [1.29, 1.82) is 0 Å². The molecular formula is C38H58N2O7. The number of unbranched alkanes of at least 4 members (excludes halogenated alkanes) is 1. The number of aliphatic carboxylic acids is 1. The van der Waals surface area contributed by atoms with E-state index in [0.29, 0.717) is 74.2 Å². The summed E-state index contributed by atoms with van der Waals surface area (Å²) in [6.07, 6.45) is 9.49. The number of carbonyl (C=O) groups is 3. The van der Waals surface area contributed by atoms with E-state index >= 15 is 0 Å². The fourth-order valence-corrected chi connectivity index (χ4v) is 10.7. The van der Waals surface area contributed by atoms with Gasteiger partial charge in [-0.15, -0.1) is 0 Å². The smallest absolute Gasteiger partial charge is 0.407 e. The molecular weight excluding hydrogens is 596 g/mol. The molecule has 9 heteroatoms. The van der Waals surface area contributed by atoms with Crippen LogP contribution in [0, 0.1) is 46.3 Å². The van der Waals surface area contributed by atoms with E-state index in [-0.39, 0.29) is 35.6 Å². The molecule has 4 saturated carbocycles. The Hall–Kier alpha value is -2.65. The molecule has 5 rings (SSSR count). The van der Waals surface area contributed by atoms with E-state index in [9.17, 15) is 29.7 Å². The third-order valence-electron chi connectivity index (χ3n) is 13.3. The van der Waals surface area contributed by atoms with Gasteiger partial charge in [-0.1, -0.05) is 51.1 Å². The van der Waals surface area contributed by atoms with Crippen LogP contribution < -0.4 is 10.6 Å². The molecule has 0 unspecified atom stereocenters. The number of aliphatic hydroxyl groups is 2. The highest BCUT2D eigenvalue weighted by Gasteiger charge is 2.62. The van der Waals surface area contributed by atoms with Gasteiger partial charge in [0.1, 0.15) is 12.6 Å². The zero-order chi connectivity index (χ0) is 33.8. The number of hydrogen-bond donors (Lipinski definition) is 5. The highest BCUT2D eigenvalue weighted by atomic mass is 16.5. The maximum absolute atomic E-state index is 12.9. The lowest BCUT2D eigenvalue weighted by molar-refractivity contribution is -0.174. The van der Waals surface area contributed by atoms with Crippen molar-refractivity contribution in [1.82, 2.24) is 10.6 Å². The summed E-state index contributed by atoms with van der Waals surface area (Å²) in [5.41, 5.74) is 1.25. The maximum atomic E-state index is 12.9. The van der Waals surface area contributed by atoms with Crippen molar-refractivity contribution in [3.63, 3.8) is 0 Å². The molecule has 9 nitrogen and oxygen atoms in total. The molecule has 5 N–H and O–H groups in total. The van der Waals surface area contributed by atoms with Gasteiger partial charge in [0.2, 0.25) is 5.91 Å². The van der Waals surface area contributed by atoms with Gasteiger partial charge in [0.25, 0.3) is 0 Å². The Bertz CT molecular complexity index is 1230. The van der Waals surface area contributed by atoms with Crippen LogP contribution >= 0.6 is 0 Å². The summed E-state index contributed by atoms with van der Waals surface area (Å²) in [4.78, 5) is 36.8. The SMILES string of the molecule is C[C@H](CCC(=O)N[C@@H](CCCCNC(=O)OCc1ccccc1)C(=O)O)[C@H]1CC[C@H]2[C@@H]3[C@@H](O)C[C@@H]4C[C@H](O)CC[C@]4(C)[C@H]3CC[C@]12C. The molecule has 11 atom stereocenters. The van der Waals surface area contributed by atoms with Crippen LogP contribution in [-0.2, 0) is 20.9 Å². The van der Waals surface area contributed by atoms with Crippen molar-refractivity contribution in [2.75, 3.05) is 6.54 Å².